The van der Waals surface area contributed by atoms with Crippen LogP contribution in [0.3, 0.4) is 0 Å². The van der Waals surface area contributed by atoms with Crippen LogP contribution in [0, 0.1) is 11.8 Å². The first kappa shape index (κ1) is 24.4. The highest BCUT2D eigenvalue weighted by molar-refractivity contribution is 7.89. The molecule has 1 heterocycles. The second-order valence-electron chi connectivity index (χ2n) is 9.23. The Morgan fingerprint density at radius 2 is 1.59 bits per heavy atom. The van der Waals surface area contributed by atoms with Crippen LogP contribution in [0.25, 0.3) is 0 Å². The van der Waals surface area contributed by atoms with Crippen molar-refractivity contribution in [3.05, 3.63) is 65.2 Å². The van der Waals surface area contributed by atoms with E-state index >= 15 is 0 Å². The zero-order chi connectivity index (χ0) is 24.5. The second kappa shape index (κ2) is 9.88. The molecule has 34 heavy (non-hydrogen) atoms. The summed E-state index contributed by atoms with van der Waals surface area (Å²) in [7, 11) is -2.35. The van der Waals surface area contributed by atoms with Gasteiger partial charge in [0.05, 0.1) is 4.90 Å². The van der Waals surface area contributed by atoms with Crippen LogP contribution in [-0.2, 0) is 39.0 Å². The number of carbonyl (C=O) groups is 2. The molecule has 1 saturated heterocycles. The SMILES string of the molecule is CCC(CC)[C@@H]1C(=O)N[C@H](C2Cc3ccccc3C2)C(=O)N1Cc1ccccc1S(=O)(=O)NC. The van der Waals surface area contributed by atoms with Crippen molar-refractivity contribution in [1.29, 1.82) is 0 Å². The second-order valence-corrected chi connectivity index (χ2v) is 11.1. The van der Waals surface area contributed by atoms with Crippen LogP contribution < -0.4 is 10.0 Å². The molecule has 2 aliphatic rings. The fourth-order valence-corrected chi connectivity index (χ4v) is 6.43. The van der Waals surface area contributed by atoms with Crippen molar-refractivity contribution in [3.63, 3.8) is 0 Å². The molecule has 0 saturated carbocycles. The first-order valence-corrected chi connectivity index (χ1v) is 13.5. The standard InChI is InChI=1S/C26H33N3O4S/c1-4-17(5-2)24-25(30)28-23(21-14-18-10-6-7-11-19(18)15-21)26(31)29(24)16-20-12-8-9-13-22(20)34(32,33)27-3/h6-13,17,21,23-24,27H,4-5,14-16H2,1-3H3,(H,28,30)/t23-,24-/m1/s1. The number of hydrogen-bond acceptors (Lipinski definition) is 4. The van der Waals surface area contributed by atoms with E-state index in [1.165, 1.54) is 24.2 Å². The number of hydrogen-bond donors (Lipinski definition) is 2. The molecule has 7 nitrogen and oxygen atoms in total. The summed E-state index contributed by atoms with van der Waals surface area (Å²) >= 11 is 0. The van der Waals surface area contributed by atoms with Gasteiger partial charge in [0.15, 0.2) is 0 Å². The minimum absolute atomic E-state index is 0.0151. The lowest BCUT2D eigenvalue weighted by molar-refractivity contribution is -0.154. The molecule has 1 fully saturated rings. The summed E-state index contributed by atoms with van der Waals surface area (Å²) in [5.74, 6) is -0.316. The van der Waals surface area contributed by atoms with E-state index in [1.54, 1.807) is 23.1 Å². The Hall–Kier alpha value is -2.71. The van der Waals surface area contributed by atoms with E-state index in [2.05, 4.69) is 22.2 Å². The van der Waals surface area contributed by atoms with Gasteiger partial charge < -0.3 is 10.2 Å². The van der Waals surface area contributed by atoms with Gasteiger partial charge in [0.25, 0.3) is 0 Å². The van der Waals surface area contributed by atoms with Gasteiger partial charge in [-0.05, 0) is 54.5 Å². The Bertz CT molecular complexity index is 1150. The highest BCUT2D eigenvalue weighted by atomic mass is 32.2. The topological polar surface area (TPSA) is 95.6 Å². The van der Waals surface area contributed by atoms with Crippen LogP contribution in [0.5, 0.6) is 0 Å². The molecular formula is C26H33N3O4S. The molecule has 4 rings (SSSR count). The number of carbonyl (C=O) groups excluding carboxylic acids is 2. The zero-order valence-electron chi connectivity index (χ0n) is 20.0. The van der Waals surface area contributed by atoms with Gasteiger partial charge in [0, 0.05) is 6.54 Å². The van der Waals surface area contributed by atoms with Crippen LogP contribution in [0.2, 0.25) is 0 Å². The minimum atomic E-state index is -3.71. The molecule has 2 aromatic carbocycles. The Morgan fingerprint density at radius 1 is 1.00 bits per heavy atom. The number of rotatable bonds is 8. The summed E-state index contributed by atoms with van der Waals surface area (Å²) in [6.45, 7) is 4.10. The highest BCUT2D eigenvalue weighted by Crippen LogP contribution is 2.33. The number of nitrogens with zero attached hydrogens (tertiary/aromatic N) is 1. The summed E-state index contributed by atoms with van der Waals surface area (Å²) < 4.78 is 27.6. The van der Waals surface area contributed by atoms with Crippen molar-refractivity contribution in [1.82, 2.24) is 14.9 Å². The van der Waals surface area contributed by atoms with Gasteiger partial charge in [0.1, 0.15) is 12.1 Å². The first-order valence-electron chi connectivity index (χ1n) is 12.0. The largest absolute Gasteiger partial charge is 0.342 e. The zero-order valence-corrected chi connectivity index (χ0v) is 20.8. The first-order chi connectivity index (χ1) is 16.3. The normalized spacial score (nSPS) is 21.1. The van der Waals surface area contributed by atoms with Gasteiger partial charge >= 0.3 is 0 Å². The fraction of sp³-hybridized carbons (Fsp3) is 0.462. The third-order valence-corrected chi connectivity index (χ3v) is 8.89. The van der Waals surface area contributed by atoms with Gasteiger partial charge in [0.2, 0.25) is 21.8 Å². The van der Waals surface area contributed by atoms with Gasteiger partial charge in [-0.1, -0.05) is 69.2 Å². The van der Waals surface area contributed by atoms with E-state index < -0.39 is 22.1 Å². The summed E-state index contributed by atoms with van der Waals surface area (Å²) in [5, 5.41) is 3.05. The molecule has 0 bridgehead atoms. The summed E-state index contributed by atoms with van der Waals surface area (Å²) in [4.78, 5) is 29.1. The molecule has 0 spiro atoms. The molecular weight excluding hydrogens is 450 g/mol. The number of sulfonamides is 1. The third kappa shape index (κ3) is 4.49. The predicted molar refractivity (Wildman–Crippen MR) is 130 cm³/mol. The van der Waals surface area contributed by atoms with Crippen molar-refractivity contribution in [2.24, 2.45) is 11.8 Å². The molecule has 0 radical (unpaired) electrons. The quantitative estimate of drug-likeness (QED) is 0.603. The molecule has 1 aliphatic carbocycles. The maximum atomic E-state index is 13.9. The van der Waals surface area contributed by atoms with Gasteiger partial charge in [-0.15, -0.1) is 0 Å². The van der Waals surface area contributed by atoms with Crippen molar-refractivity contribution in [3.8, 4) is 0 Å². The maximum Gasteiger partial charge on any atom is 0.246 e. The number of piperazine rings is 1. The molecule has 0 aromatic heterocycles. The molecule has 2 aromatic rings. The maximum absolute atomic E-state index is 13.9. The number of fused-ring (bicyclic) bond motifs is 1. The Labute approximate surface area is 202 Å². The fourth-order valence-electron chi connectivity index (χ4n) is 5.48. The molecule has 0 unspecified atom stereocenters. The Morgan fingerprint density at radius 3 is 2.18 bits per heavy atom. The molecule has 182 valence electrons. The summed E-state index contributed by atoms with van der Waals surface area (Å²) in [6.07, 6.45) is 2.96. The number of amides is 2. The van der Waals surface area contributed by atoms with Crippen LogP contribution in [-0.4, -0.2) is 44.3 Å². The van der Waals surface area contributed by atoms with Crippen LogP contribution in [0.1, 0.15) is 43.4 Å². The van der Waals surface area contributed by atoms with Crippen LogP contribution in [0.4, 0.5) is 0 Å². The van der Waals surface area contributed by atoms with Crippen molar-refractivity contribution >= 4 is 21.8 Å². The minimum Gasteiger partial charge on any atom is -0.342 e. The van der Waals surface area contributed by atoms with Crippen molar-refractivity contribution in [2.45, 2.75) is 63.1 Å². The molecule has 2 amide bonds. The predicted octanol–water partition coefficient (Wildman–Crippen LogP) is 2.64. The van der Waals surface area contributed by atoms with E-state index in [1.807, 2.05) is 26.0 Å². The van der Waals surface area contributed by atoms with E-state index in [-0.39, 0.29) is 35.1 Å². The van der Waals surface area contributed by atoms with Gasteiger partial charge in [-0.3, -0.25) is 9.59 Å². The molecule has 1 aliphatic heterocycles. The smallest absolute Gasteiger partial charge is 0.246 e. The lowest BCUT2D eigenvalue weighted by Crippen LogP contribution is -2.66. The summed E-state index contributed by atoms with van der Waals surface area (Å²) in [6, 6.07) is 13.6. The van der Waals surface area contributed by atoms with Crippen molar-refractivity contribution in [2.75, 3.05) is 7.05 Å². The van der Waals surface area contributed by atoms with Crippen molar-refractivity contribution < 1.29 is 18.0 Å². The highest BCUT2D eigenvalue weighted by Gasteiger charge is 2.47. The summed E-state index contributed by atoms with van der Waals surface area (Å²) in [5.41, 5.74) is 2.94. The van der Waals surface area contributed by atoms with E-state index in [0.717, 1.165) is 25.7 Å². The van der Waals surface area contributed by atoms with Crippen LogP contribution >= 0.6 is 0 Å². The Balaban J connectivity index is 1.70. The van der Waals surface area contributed by atoms with Gasteiger partial charge in [-0.25, -0.2) is 13.1 Å². The lowest BCUT2D eigenvalue weighted by atomic mass is 9.86. The monoisotopic (exact) mass is 483 g/mol. The van der Waals surface area contributed by atoms with E-state index in [0.29, 0.717) is 5.56 Å². The van der Waals surface area contributed by atoms with E-state index in [4.69, 9.17) is 0 Å². The third-order valence-electron chi connectivity index (χ3n) is 7.37. The lowest BCUT2D eigenvalue weighted by Gasteiger charge is -2.44. The molecule has 2 atom stereocenters. The average molecular weight is 484 g/mol. The average Bonchev–Trinajstić information content (AvgIpc) is 3.27. The molecule has 2 N–H and O–H groups in total. The number of nitrogens with one attached hydrogen (secondary N) is 2. The molecule has 8 heteroatoms. The van der Waals surface area contributed by atoms with Gasteiger partial charge in [-0.2, -0.15) is 0 Å². The van der Waals surface area contributed by atoms with Crippen LogP contribution in [0.15, 0.2) is 53.4 Å². The number of benzene rings is 2. The Kier molecular flexibility index (Phi) is 7.09. The van der Waals surface area contributed by atoms with E-state index in [9.17, 15) is 18.0 Å².